The second kappa shape index (κ2) is 2.63. The van der Waals surface area contributed by atoms with Crippen molar-refractivity contribution >= 4 is 26.5 Å². The molecule has 0 fully saturated rings. The summed E-state index contributed by atoms with van der Waals surface area (Å²) in [5.74, 6) is 0. The van der Waals surface area contributed by atoms with Crippen molar-refractivity contribution in [2.75, 3.05) is 0 Å². The normalized spacial score (nSPS) is 18.7. The summed E-state index contributed by atoms with van der Waals surface area (Å²) in [6.45, 7) is 0. The topological polar surface area (TPSA) is 0 Å². The summed E-state index contributed by atoms with van der Waals surface area (Å²) in [5.41, 5.74) is 0. The fourth-order valence-electron chi connectivity index (χ4n) is 0.442. The first-order chi connectivity index (χ1) is 3.00. The Labute approximate surface area is 49.3 Å². The second-order valence-corrected chi connectivity index (χ2v) is 5.59. The van der Waals surface area contributed by atoms with E-state index in [1.54, 1.807) is 0 Å². The van der Waals surface area contributed by atoms with Gasteiger partial charge in [-0.25, -0.2) is 0 Å². The number of rotatable bonds is 0. The molecule has 0 unspecified atom stereocenters. The van der Waals surface area contributed by atoms with E-state index in [9.17, 15) is 0 Å². The SMILES string of the molecule is C1=CC[CH2][Bi]=[CH]1. The third kappa shape index (κ3) is 1.30. The van der Waals surface area contributed by atoms with E-state index < -0.39 is 0 Å². The molecule has 1 heterocycles. The quantitative estimate of drug-likeness (QED) is 0.576. The van der Waals surface area contributed by atoms with Gasteiger partial charge in [0.1, 0.15) is 0 Å². The van der Waals surface area contributed by atoms with E-state index in [4.69, 9.17) is 0 Å². The maximum absolute atomic E-state index is 2.39. The fraction of sp³-hybridized carbons (Fsp3) is 0.400. The fourth-order valence-corrected chi connectivity index (χ4v) is 3.13. The van der Waals surface area contributed by atoms with Crippen molar-refractivity contribution in [2.45, 2.75) is 10.5 Å². The molecule has 0 aromatic rings. The summed E-state index contributed by atoms with van der Waals surface area (Å²) in [4.78, 5) is 0. The van der Waals surface area contributed by atoms with Gasteiger partial charge < -0.3 is 0 Å². The van der Waals surface area contributed by atoms with Crippen LogP contribution in [0.5, 0.6) is 0 Å². The third-order valence-electron chi connectivity index (χ3n) is 0.752. The Morgan fingerprint density at radius 2 is 2.50 bits per heavy atom. The van der Waals surface area contributed by atoms with E-state index in [-0.39, 0.29) is 22.8 Å². The monoisotopic (exact) mass is 276 g/mol. The van der Waals surface area contributed by atoms with Gasteiger partial charge in [0, 0.05) is 0 Å². The molecule has 32 valence electrons. The standard InChI is InChI=1S/C5H7.Bi/c1-3-5-4-2;/h1,3,5H,2,4H2;. The van der Waals surface area contributed by atoms with E-state index in [1.165, 1.54) is 10.5 Å². The van der Waals surface area contributed by atoms with Crippen LogP contribution >= 0.6 is 0 Å². The molecule has 0 bridgehead atoms. The molecule has 0 spiro atoms. The summed E-state index contributed by atoms with van der Waals surface area (Å²) < 4.78 is 3.93. The Morgan fingerprint density at radius 1 is 1.50 bits per heavy atom. The molecule has 0 aliphatic carbocycles. The summed E-state index contributed by atoms with van der Waals surface area (Å²) in [6.07, 6.45) is 5.85. The first kappa shape index (κ1) is 4.65. The average molecular weight is 276 g/mol. The number of hydrogen-bond acceptors (Lipinski definition) is 0. The van der Waals surface area contributed by atoms with E-state index in [1.807, 2.05) is 0 Å². The summed E-state index contributed by atoms with van der Waals surface area (Å²) in [7, 11) is 0. The van der Waals surface area contributed by atoms with Crippen LogP contribution < -0.4 is 0 Å². The molecule has 1 rings (SSSR count). The van der Waals surface area contributed by atoms with Crippen LogP contribution in [-0.4, -0.2) is 26.5 Å². The zero-order chi connectivity index (χ0) is 4.24. The van der Waals surface area contributed by atoms with Gasteiger partial charge >= 0.3 is 49.2 Å². The minimum absolute atomic E-state index is 0.000772. The molecule has 0 radical (unpaired) electrons. The van der Waals surface area contributed by atoms with Gasteiger partial charge in [0.2, 0.25) is 0 Å². The Morgan fingerprint density at radius 3 is 2.67 bits per heavy atom. The van der Waals surface area contributed by atoms with Crippen LogP contribution in [0.25, 0.3) is 0 Å². The Bertz CT molecular complexity index is 69.9. The van der Waals surface area contributed by atoms with E-state index in [0.29, 0.717) is 0 Å². The van der Waals surface area contributed by atoms with Crippen molar-refractivity contribution in [3.8, 4) is 0 Å². The molecule has 0 nitrogen and oxygen atoms in total. The molecule has 0 saturated heterocycles. The van der Waals surface area contributed by atoms with Gasteiger partial charge in [0.25, 0.3) is 0 Å². The van der Waals surface area contributed by atoms with Crippen molar-refractivity contribution in [3.63, 3.8) is 0 Å². The molecule has 1 aliphatic heterocycles. The predicted octanol–water partition coefficient (Wildman–Crippen LogP) is 0.871. The van der Waals surface area contributed by atoms with E-state index >= 15 is 0 Å². The molecule has 0 aromatic carbocycles. The van der Waals surface area contributed by atoms with Crippen molar-refractivity contribution in [3.05, 3.63) is 12.2 Å². The Balaban J connectivity index is 2.46. The van der Waals surface area contributed by atoms with Crippen molar-refractivity contribution in [2.24, 2.45) is 0 Å². The molecule has 0 amide bonds. The van der Waals surface area contributed by atoms with E-state index in [2.05, 4.69) is 15.9 Å². The molecule has 1 heteroatoms. The van der Waals surface area contributed by atoms with Crippen molar-refractivity contribution in [1.29, 1.82) is 0 Å². The first-order valence-corrected chi connectivity index (χ1v) is 6.62. The van der Waals surface area contributed by atoms with Gasteiger partial charge in [-0.2, -0.15) is 0 Å². The predicted molar refractivity (Wildman–Crippen MR) is 30.4 cm³/mol. The zero-order valence-electron chi connectivity index (χ0n) is 3.59. The molecule has 0 atom stereocenters. The summed E-state index contributed by atoms with van der Waals surface area (Å²) >= 11 is -0.000772. The molecule has 0 N–H and O–H groups in total. The summed E-state index contributed by atoms with van der Waals surface area (Å²) in [5, 5.41) is 0. The van der Waals surface area contributed by atoms with Crippen LogP contribution in [0.2, 0.25) is 4.13 Å². The minimum atomic E-state index is -0.000772. The molecule has 0 saturated carbocycles. The average Bonchev–Trinajstić information content (AvgIpc) is 1.72. The van der Waals surface area contributed by atoms with Crippen LogP contribution in [-0.2, 0) is 0 Å². The van der Waals surface area contributed by atoms with Gasteiger partial charge in [-0.15, -0.1) is 0 Å². The van der Waals surface area contributed by atoms with E-state index in [0.717, 1.165) is 0 Å². The molecule has 6 heavy (non-hydrogen) atoms. The molecule has 0 aromatic heterocycles. The molecule has 1 aliphatic rings. The Hall–Kier alpha value is 0.493. The Kier molecular flexibility index (Phi) is 2.04. The van der Waals surface area contributed by atoms with Gasteiger partial charge in [-0.3, -0.25) is 0 Å². The number of hydrogen-bond donors (Lipinski definition) is 0. The number of allylic oxidation sites excluding steroid dienone is 2. The van der Waals surface area contributed by atoms with Gasteiger partial charge in [0.15, 0.2) is 0 Å². The zero-order valence-corrected chi connectivity index (χ0v) is 7.07. The first-order valence-electron chi connectivity index (χ1n) is 2.15. The maximum atomic E-state index is 2.39. The van der Waals surface area contributed by atoms with Gasteiger partial charge in [0.05, 0.1) is 0 Å². The van der Waals surface area contributed by atoms with Crippen LogP contribution in [0, 0.1) is 0 Å². The van der Waals surface area contributed by atoms with Crippen molar-refractivity contribution < 1.29 is 0 Å². The second-order valence-electron chi connectivity index (χ2n) is 1.27. The van der Waals surface area contributed by atoms with Crippen LogP contribution in [0.15, 0.2) is 12.2 Å². The van der Waals surface area contributed by atoms with Crippen LogP contribution in [0.4, 0.5) is 0 Å². The third-order valence-corrected chi connectivity index (χ3v) is 4.25. The van der Waals surface area contributed by atoms with Crippen LogP contribution in [0.3, 0.4) is 0 Å². The molecular weight excluding hydrogens is 269 g/mol. The van der Waals surface area contributed by atoms with Crippen LogP contribution in [0.1, 0.15) is 6.42 Å². The van der Waals surface area contributed by atoms with Gasteiger partial charge in [-0.05, 0) is 0 Å². The van der Waals surface area contributed by atoms with Crippen molar-refractivity contribution in [1.82, 2.24) is 0 Å². The summed E-state index contributed by atoms with van der Waals surface area (Å²) in [6, 6.07) is 0. The van der Waals surface area contributed by atoms with Gasteiger partial charge in [-0.1, -0.05) is 0 Å². The molecular formula is C5H7Bi.